The number of carbonyl (C=O) groups excluding carboxylic acids is 1. The zero-order chi connectivity index (χ0) is 46.9. The van der Waals surface area contributed by atoms with E-state index in [0.29, 0.717) is 61.6 Å². The zero-order valence-corrected chi connectivity index (χ0v) is 42.3. The summed E-state index contributed by atoms with van der Waals surface area (Å²) in [5.74, 6) is 6.29. The fourth-order valence-electron chi connectivity index (χ4n) is 7.05. The number of nitrogens with zero attached hydrogens (tertiary/aromatic N) is 8. The van der Waals surface area contributed by atoms with E-state index in [-0.39, 0.29) is 18.1 Å². The van der Waals surface area contributed by atoms with E-state index in [2.05, 4.69) is 63.5 Å². The van der Waals surface area contributed by atoms with E-state index >= 15 is 0 Å². The molecule has 0 amide bonds. The van der Waals surface area contributed by atoms with Crippen LogP contribution in [0.15, 0.2) is 53.5 Å². The van der Waals surface area contributed by atoms with Gasteiger partial charge in [-0.3, -0.25) is 14.4 Å². The molecule has 3 aromatic heterocycles. The molecule has 6 rings (SSSR count). The first kappa shape index (κ1) is 50.8. The van der Waals surface area contributed by atoms with Gasteiger partial charge in [0.05, 0.1) is 43.7 Å². The highest BCUT2D eigenvalue weighted by Gasteiger charge is 2.24. The van der Waals surface area contributed by atoms with Gasteiger partial charge in [-0.2, -0.15) is 4.99 Å². The SMILES string of the molecule is COC(=O)c1nc(N(CCCCCNCCN2CCOCC2)c2cc(C)c(/N=c3\sc4ccccc4n3COCC[Si](C)(C)C)nn2)sc1CCCOc1ccc(C#CCN(C)C)cc1F. The number of esters is 1. The van der Waals surface area contributed by atoms with Crippen LogP contribution in [0.5, 0.6) is 5.75 Å². The van der Waals surface area contributed by atoms with Crippen molar-refractivity contribution in [2.75, 3.05) is 98.3 Å². The van der Waals surface area contributed by atoms with E-state index in [9.17, 15) is 9.18 Å². The number of fused-ring (bicyclic) bond motifs is 1. The van der Waals surface area contributed by atoms with Crippen molar-refractivity contribution in [3.63, 3.8) is 0 Å². The molecule has 4 heterocycles. The molecule has 2 aromatic carbocycles. The highest BCUT2D eigenvalue weighted by atomic mass is 32.1. The summed E-state index contributed by atoms with van der Waals surface area (Å²) in [6.07, 6.45) is 3.84. The lowest BCUT2D eigenvalue weighted by atomic mass is 10.2. The number of hydrogen-bond acceptors (Lipinski definition) is 15. The van der Waals surface area contributed by atoms with E-state index in [1.807, 2.05) is 49.0 Å². The molecule has 0 aliphatic carbocycles. The minimum absolute atomic E-state index is 0.155. The van der Waals surface area contributed by atoms with Gasteiger partial charge in [0.2, 0.25) is 0 Å². The van der Waals surface area contributed by atoms with Crippen LogP contribution in [-0.4, -0.2) is 137 Å². The number of hydrogen-bond donors (Lipinski definition) is 1. The van der Waals surface area contributed by atoms with Gasteiger partial charge < -0.3 is 29.2 Å². The number of unbranched alkanes of at least 4 members (excludes halogenated alkanes) is 2. The van der Waals surface area contributed by atoms with Gasteiger partial charge in [-0.25, -0.2) is 14.2 Å². The van der Waals surface area contributed by atoms with Gasteiger partial charge in [0, 0.05) is 57.8 Å². The van der Waals surface area contributed by atoms with Crippen LogP contribution in [0.3, 0.4) is 0 Å². The van der Waals surface area contributed by atoms with Crippen LogP contribution in [0, 0.1) is 24.6 Å². The number of benzene rings is 2. The molecule has 0 unspecified atom stereocenters. The molecule has 0 radical (unpaired) electrons. The molecular weight excluding hydrogens is 894 g/mol. The molecule has 1 aliphatic rings. The maximum Gasteiger partial charge on any atom is 0.357 e. The Morgan fingerprint density at radius 2 is 1.83 bits per heavy atom. The number of aromatic nitrogens is 4. The van der Waals surface area contributed by atoms with Crippen molar-refractivity contribution in [1.29, 1.82) is 0 Å². The normalized spacial score (nSPS) is 13.6. The van der Waals surface area contributed by atoms with Gasteiger partial charge in [0.25, 0.3) is 0 Å². The second-order valence-corrected chi connectivity index (χ2v) is 25.5. The molecule has 1 aliphatic heterocycles. The highest BCUT2D eigenvalue weighted by molar-refractivity contribution is 7.16. The van der Waals surface area contributed by atoms with Crippen LogP contribution in [0.2, 0.25) is 25.7 Å². The Morgan fingerprint density at radius 1 is 1.02 bits per heavy atom. The van der Waals surface area contributed by atoms with Crippen molar-refractivity contribution in [2.24, 2.45) is 4.99 Å². The smallest absolute Gasteiger partial charge is 0.357 e. The Morgan fingerprint density at radius 3 is 2.59 bits per heavy atom. The molecule has 1 fully saturated rings. The lowest BCUT2D eigenvalue weighted by Crippen LogP contribution is -2.40. The number of morpholine rings is 1. The molecule has 14 nitrogen and oxygen atoms in total. The zero-order valence-electron chi connectivity index (χ0n) is 39.7. The van der Waals surface area contributed by atoms with Crippen LogP contribution >= 0.6 is 22.7 Å². The number of anilines is 2. The standard InChI is InChI=1S/C48H66FN9O5S2Si/c1-36-33-43(53-54-45(36)52-48-58(35-62-31-32-66(5,6)7)39-16-9-10-17-41(39)64-48)57(24-12-8-11-21-50-22-25-56-26-29-61-30-27-56)47-51-44(46(59)60-4)42(65-47)18-14-28-63-40-20-19-37(34-38(40)49)15-13-23-55(2)3/h9-10,16-17,19-20,33-34,50H,8,11-12,14,18,21-32,35H2,1-7H3/b52-48-. The summed E-state index contributed by atoms with van der Waals surface area (Å²) in [5, 5.41) is 13.6. The predicted octanol–water partition coefficient (Wildman–Crippen LogP) is 7.88. The average molecular weight is 960 g/mol. The van der Waals surface area contributed by atoms with E-state index in [1.165, 1.54) is 24.5 Å². The maximum absolute atomic E-state index is 14.9. The first-order valence-electron chi connectivity index (χ1n) is 22.9. The number of nitrogens with one attached hydrogen (secondary N) is 1. The quantitative estimate of drug-likeness (QED) is 0.0280. The summed E-state index contributed by atoms with van der Waals surface area (Å²) in [6, 6.07) is 16.1. The maximum atomic E-state index is 14.9. The molecule has 1 N–H and O–H groups in total. The average Bonchev–Trinajstić information content (AvgIpc) is 3.88. The summed E-state index contributed by atoms with van der Waals surface area (Å²) in [7, 11) is 3.97. The Hall–Kier alpha value is -4.58. The molecule has 0 saturated carbocycles. The Bertz CT molecular complexity index is 2470. The topological polar surface area (TPSA) is 132 Å². The number of rotatable bonds is 24. The monoisotopic (exact) mass is 959 g/mol. The summed E-state index contributed by atoms with van der Waals surface area (Å²) in [6.45, 7) is 18.0. The lowest BCUT2D eigenvalue weighted by Gasteiger charge is -2.26. The fourth-order valence-corrected chi connectivity index (χ4v) is 9.95. The van der Waals surface area contributed by atoms with Crippen LogP contribution < -0.4 is 19.8 Å². The number of aryl methyl sites for hydroxylation is 2. The molecule has 66 heavy (non-hydrogen) atoms. The third kappa shape index (κ3) is 15.5. The van der Waals surface area contributed by atoms with Gasteiger partial charge in [-0.05, 0) is 101 Å². The van der Waals surface area contributed by atoms with Crippen molar-refractivity contribution in [3.8, 4) is 17.6 Å². The van der Waals surface area contributed by atoms with Crippen molar-refractivity contribution < 1.29 is 28.1 Å². The summed E-state index contributed by atoms with van der Waals surface area (Å²) in [5.41, 5.74) is 2.74. The summed E-state index contributed by atoms with van der Waals surface area (Å²) < 4.78 is 40.9. The Balaban J connectivity index is 1.19. The van der Waals surface area contributed by atoms with E-state index in [1.54, 1.807) is 23.5 Å². The van der Waals surface area contributed by atoms with Gasteiger partial charge in [-0.1, -0.05) is 61.4 Å². The largest absolute Gasteiger partial charge is 0.491 e. The molecule has 18 heteroatoms. The minimum Gasteiger partial charge on any atom is -0.491 e. The van der Waals surface area contributed by atoms with E-state index in [0.717, 1.165) is 96.7 Å². The van der Waals surface area contributed by atoms with Gasteiger partial charge in [0.15, 0.2) is 38.8 Å². The second kappa shape index (κ2) is 25.5. The molecular formula is C48H66FN9O5S2Si. The van der Waals surface area contributed by atoms with Crippen molar-refractivity contribution in [2.45, 2.75) is 71.4 Å². The molecule has 356 valence electrons. The Kier molecular flexibility index (Phi) is 19.7. The second-order valence-electron chi connectivity index (χ2n) is 17.8. The lowest BCUT2D eigenvalue weighted by molar-refractivity contribution is 0.0384. The minimum atomic E-state index is -1.25. The van der Waals surface area contributed by atoms with Gasteiger partial charge >= 0.3 is 5.97 Å². The molecule has 0 spiro atoms. The summed E-state index contributed by atoms with van der Waals surface area (Å²) >= 11 is 3.01. The first-order chi connectivity index (χ1) is 31.9. The van der Waals surface area contributed by atoms with Crippen molar-refractivity contribution in [1.82, 2.24) is 34.9 Å². The van der Waals surface area contributed by atoms with E-state index < -0.39 is 19.9 Å². The number of thiazole rings is 2. The number of methoxy groups -OCH3 is 1. The predicted molar refractivity (Wildman–Crippen MR) is 266 cm³/mol. The van der Waals surface area contributed by atoms with Crippen LogP contribution in [-0.2, 0) is 27.4 Å². The molecule has 5 aromatic rings. The van der Waals surface area contributed by atoms with Crippen LogP contribution in [0.25, 0.3) is 10.2 Å². The van der Waals surface area contributed by atoms with Crippen LogP contribution in [0.1, 0.15) is 52.2 Å². The van der Waals surface area contributed by atoms with Crippen molar-refractivity contribution in [3.05, 3.63) is 80.8 Å². The highest BCUT2D eigenvalue weighted by Crippen LogP contribution is 2.34. The third-order valence-corrected chi connectivity index (χ3v) is 14.7. The van der Waals surface area contributed by atoms with Crippen LogP contribution in [0.4, 0.5) is 21.2 Å². The van der Waals surface area contributed by atoms with Gasteiger partial charge in [-0.15, -0.1) is 21.5 Å². The number of halogens is 1. The fraction of sp³-hybridized carbons (Fsp3) is 0.521. The van der Waals surface area contributed by atoms with Gasteiger partial charge in [0.1, 0.15) is 6.73 Å². The molecule has 0 atom stereocenters. The Labute approximate surface area is 398 Å². The number of carbonyl (C=O) groups is 1. The third-order valence-electron chi connectivity index (χ3n) is 10.8. The summed E-state index contributed by atoms with van der Waals surface area (Å²) in [4.78, 5) is 31.0. The van der Waals surface area contributed by atoms with E-state index in [4.69, 9.17) is 34.0 Å². The molecule has 1 saturated heterocycles. The van der Waals surface area contributed by atoms with Crippen molar-refractivity contribution >= 4 is 63.7 Å². The first-order valence-corrected chi connectivity index (χ1v) is 28.2. The number of para-hydroxylation sites is 1. The number of ether oxygens (including phenoxy) is 4. The molecule has 0 bridgehead atoms.